The first-order chi connectivity index (χ1) is 15.4. The molecule has 34 heavy (non-hydrogen) atoms. The van der Waals surface area contributed by atoms with Crippen molar-refractivity contribution < 1.29 is 96.0 Å². The van der Waals surface area contributed by atoms with Gasteiger partial charge in [0, 0.05) is 6.92 Å². The Labute approximate surface area is 217 Å². The van der Waals surface area contributed by atoms with Crippen LogP contribution < -0.4 is 34.9 Å². The number of rotatable bonds is 10. The summed E-state index contributed by atoms with van der Waals surface area (Å²) in [5.74, 6) is -0.766. The summed E-state index contributed by atoms with van der Waals surface area (Å²) < 4.78 is 59.5. The third-order valence-corrected chi connectivity index (χ3v) is 5.40. The van der Waals surface area contributed by atoms with Gasteiger partial charge < -0.3 is 54.3 Å². The van der Waals surface area contributed by atoms with Gasteiger partial charge >= 0.3 is 29.6 Å². The molecule has 1 amide bonds. The van der Waals surface area contributed by atoms with E-state index in [1.165, 1.54) is 6.08 Å². The van der Waals surface area contributed by atoms with Gasteiger partial charge in [-0.1, -0.05) is 6.08 Å². The van der Waals surface area contributed by atoms with E-state index < -0.39 is 90.9 Å². The molecule has 192 valence electrons. The maximum absolute atomic E-state index is 11.7. The number of nitrogens with one attached hydrogen (secondary N) is 1. The van der Waals surface area contributed by atoms with Crippen molar-refractivity contribution in [1.82, 2.24) is 5.32 Å². The zero-order chi connectivity index (χ0) is 24.9. The summed E-state index contributed by atoms with van der Waals surface area (Å²) >= 11 is 0. The fourth-order valence-electron chi connectivity index (χ4n) is 3.49. The Hall–Kier alpha value is -0.280. The van der Waals surface area contributed by atoms with Gasteiger partial charge in [0.25, 0.3) is 0 Å². The van der Waals surface area contributed by atoms with E-state index in [9.17, 15) is 43.3 Å². The Morgan fingerprint density at radius 2 is 1.59 bits per heavy atom. The van der Waals surface area contributed by atoms with E-state index in [-0.39, 0.29) is 36.2 Å². The summed E-state index contributed by atoms with van der Waals surface area (Å²) in [6.07, 6.45) is -13.4. The SMILES string of the molecule is C=CCO[C@@H]1O[C@@H](CO)[C@@H](O)[C@@H](O[C@@H]2O[C@H](CO)[C@@H](O)[C@H](OS(=O)(=O)[O-])[C@H]2NC(C)=O)[C@@H]1O.[Na+]. The average molecular weight is 525 g/mol. The smallest absolute Gasteiger partial charge is 0.726 e. The monoisotopic (exact) mass is 525 g/mol. The van der Waals surface area contributed by atoms with Gasteiger partial charge in [-0.2, -0.15) is 0 Å². The maximum Gasteiger partial charge on any atom is 1.00 e. The van der Waals surface area contributed by atoms with Crippen molar-refractivity contribution in [2.24, 2.45) is 0 Å². The minimum absolute atomic E-state index is 0. The number of ether oxygens (including phenoxy) is 4. The van der Waals surface area contributed by atoms with E-state index in [1.54, 1.807) is 0 Å². The number of hydrogen-bond acceptors (Lipinski definition) is 14. The number of carbonyl (C=O) groups is 1. The van der Waals surface area contributed by atoms with Gasteiger partial charge in [0.1, 0.15) is 48.8 Å². The Balaban J connectivity index is 0.00000578. The van der Waals surface area contributed by atoms with E-state index in [1.807, 2.05) is 0 Å². The van der Waals surface area contributed by atoms with Gasteiger partial charge in [0.05, 0.1) is 19.8 Å². The predicted molar refractivity (Wildman–Crippen MR) is 103 cm³/mol. The van der Waals surface area contributed by atoms with Crippen LogP contribution in [0.2, 0.25) is 0 Å². The molecule has 2 aliphatic rings. The van der Waals surface area contributed by atoms with Crippen molar-refractivity contribution in [3.05, 3.63) is 12.7 Å². The zero-order valence-electron chi connectivity index (χ0n) is 18.5. The summed E-state index contributed by atoms with van der Waals surface area (Å²) in [6.45, 7) is 2.82. The third-order valence-electron chi connectivity index (χ3n) is 4.94. The molecule has 0 saturated carbocycles. The molecule has 0 unspecified atom stereocenters. The van der Waals surface area contributed by atoms with Crippen LogP contribution in [0.15, 0.2) is 12.7 Å². The Kier molecular flexibility index (Phi) is 13.0. The van der Waals surface area contributed by atoms with Gasteiger partial charge in [-0.25, -0.2) is 8.42 Å². The number of carbonyl (C=O) groups excluding carboxylic acids is 1. The van der Waals surface area contributed by atoms with Gasteiger partial charge in [-0.15, -0.1) is 6.58 Å². The Morgan fingerprint density at radius 1 is 1.06 bits per heavy atom. The molecular weight excluding hydrogens is 497 g/mol. The van der Waals surface area contributed by atoms with Gasteiger partial charge in [-0.05, 0) is 0 Å². The first-order valence-corrected chi connectivity index (χ1v) is 11.1. The Bertz CT molecular complexity index is 771. The van der Waals surface area contributed by atoms with Crippen molar-refractivity contribution in [2.75, 3.05) is 19.8 Å². The van der Waals surface area contributed by atoms with Gasteiger partial charge in [0.2, 0.25) is 16.3 Å². The van der Waals surface area contributed by atoms with Crippen molar-refractivity contribution in [3.63, 3.8) is 0 Å². The Morgan fingerprint density at radius 3 is 2.06 bits per heavy atom. The molecule has 0 aliphatic carbocycles. The van der Waals surface area contributed by atoms with E-state index in [0.717, 1.165) is 6.92 Å². The maximum atomic E-state index is 11.7. The summed E-state index contributed by atoms with van der Waals surface area (Å²) in [7, 11) is -5.40. The van der Waals surface area contributed by atoms with Crippen LogP contribution in [0, 0.1) is 0 Å². The van der Waals surface area contributed by atoms with Gasteiger partial charge in [0.15, 0.2) is 12.6 Å². The molecule has 15 nitrogen and oxygen atoms in total. The van der Waals surface area contributed by atoms with E-state index >= 15 is 0 Å². The molecule has 6 N–H and O–H groups in total. The summed E-state index contributed by atoms with van der Waals surface area (Å²) in [4.78, 5) is 11.7. The van der Waals surface area contributed by atoms with E-state index in [0.29, 0.717) is 0 Å². The number of aliphatic hydroxyl groups is 5. The van der Waals surface area contributed by atoms with E-state index in [2.05, 4.69) is 16.1 Å². The summed E-state index contributed by atoms with van der Waals surface area (Å²) in [5.41, 5.74) is 0. The van der Waals surface area contributed by atoms with Crippen LogP contribution >= 0.6 is 0 Å². The van der Waals surface area contributed by atoms with Crippen LogP contribution in [0.3, 0.4) is 0 Å². The first kappa shape index (κ1) is 31.7. The average Bonchev–Trinajstić information content (AvgIpc) is 2.73. The normalized spacial score (nSPS) is 38.6. The molecule has 0 radical (unpaired) electrons. The molecule has 0 spiro atoms. The quantitative estimate of drug-likeness (QED) is 0.0673. The topological polar surface area (TPSA) is 234 Å². The van der Waals surface area contributed by atoms with Crippen LogP contribution in [0.1, 0.15) is 6.92 Å². The second-order valence-electron chi connectivity index (χ2n) is 7.34. The zero-order valence-corrected chi connectivity index (χ0v) is 21.3. The fourth-order valence-corrected chi connectivity index (χ4v) is 4.00. The molecular formula is C17H28NNaO14S. The number of amides is 1. The molecule has 10 atom stereocenters. The first-order valence-electron chi connectivity index (χ1n) is 9.79. The molecule has 2 aliphatic heterocycles. The molecule has 0 aromatic heterocycles. The second kappa shape index (κ2) is 13.9. The van der Waals surface area contributed by atoms with Crippen LogP contribution in [0.4, 0.5) is 0 Å². The minimum atomic E-state index is -5.40. The van der Waals surface area contributed by atoms with Crippen molar-refractivity contribution in [1.29, 1.82) is 0 Å². The molecule has 0 aromatic rings. The number of hydrogen-bond donors (Lipinski definition) is 6. The molecule has 2 rings (SSSR count). The van der Waals surface area contributed by atoms with E-state index in [4.69, 9.17) is 18.9 Å². The number of aliphatic hydroxyl groups excluding tert-OH is 5. The molecule has 17 heteroatoms. The third kappa shape index (κ3) is 8.12. The largest absolute Gasteiger partial charge is 1.00 e. The van der Waals surface area contributed by atoms with Crippen LogP contribution in [0.25, 0.3) is 0 Å². The molecule has 0 aromatic carbocycles. The van der Waals surface area contributed by atoms with Crippen molar-refractivity contribution in [2.45, 2.75) is 68.3 Å². The molecule has 2 heterocycles. The van der Waals surface area contributed by atoms with Gasteiger partial charge in [-0.3, -0.25) is 8.98 Å². The minimum Gasteiger partial charge on any atom is -0.726 e. The summed E-state index contributed by atoms with van der Waals surface area (Å²) in [5, 5.41) is 52.6. The summed E-state index contributed by atoms with van der Waals surface area (Å²) in [6, 6.07) is -1.65. The molecule has 2 fully saturated rings. The van der Waals surface area contributed by atoms with Crippen molar-refractivity contribution >= 4 is 16.3 Å². The molecule has 2 saturated heterocycles. The fraction of sp³-hybridized carbons (Fsp3) is 0.824. The standard InChI is InChI=1S/C17H29NO14S.Na/c1-3-4-28-17-13(24)15(12(23)9(6-20)30-17)31-16-10(18-7(2)21)14(32-33(25,26)27)11(22)8(5-19)29-16;/h3,8-17,19-20,22-24H,1,4-6H2,2H3,(H,18,21)(H,25,26,27);/q;+1/p-1/t8-,9+,10-,11-,12-,13+,14-,15-,16+,17-;/m1./s1. The van der Waals surface area contributed by atoms with Crippen LogP contribution in [0.5, 0.6) is 0 Å². The second-order valence-corrected chi connectivity index (χ2v) is 8.35. The van der Waals surface area contributed by atoms with Crippen LogP contribution in [-0.2, 0) is 38.3 Å². The van der Waals surface area contributed by atoms with Crippen LogP contribution in [-0.4, -0.2) is 126 Å². The predicted octanol–water partition coefficient (Wildman–Crippen LogP) is -7.55. The molecule has 0 bridgehead atoms. The van der Waals surface area contributed by atoms with Crippen molar-refractivity contribution in [3.8, 4) is 0 Å².